The topological polar surface area (TPSA) is 82.0 Å². The molecule has 172 valence electrons. The summed E-state index contributed by atoms with van der Waals surface area (Å²) in [6, 6.07) is 7.90. The Morgan fingerprint density at radius 1 is 1.18 bits per heavy atom. The highest BCUT2D eigenvalue weighted by molar-refractivity contribution is 7.09. The lowest BCUT2D eigenvalue weighted by Gasteiger charge is -2.31. The van der Waals surface area contributed by atoms with Crippen molar-refractivity contribution in [2.75, 3.05) is 30.0 Å². The number of aryl methyl sites for hydroxylation is 1. The van der Waals surface area contributed by atoms with Crippen LogP contribution in [0.5, 0.6) is 5.75 Å². The number of piperidine rings is 1. The van der Waals surface area contributed by atoms with Gasteiger partial charge in [-0.1, -0.05) is 6.92 Å². The van der Waals surface area contributed by atoms with Gasteiger partial charge >= 0.3 is 0 Å². The first-order chi connectivity index (χ1) is 16.2. The molecule has 0 saturated carbocycles. The minimum absolute atomic E-state index is 0.402. The quantitative estimate of drug-likeness (QED) is 0.568. The van der Waals surface area contributed by atoms with E-state index in [1.54, 1.807) is 22.8 Å². The van der Waals surface area contributed by atoms with Gasteiger partial charge in [0.25, 0.3) is 0 Å². The van der Waals surface area contributed by atoms with Gasteiger partial charge in [-0.15, -0.1) is 22.0 Å². The van der Waals surface area contributed by atoms with Crippen LogP contribution in [0.4, 0.5) is 11.6 Å². The molecule has 1 saturated heterocycles. The predicted octanol–water partition coefficient (Wildman–Crippen LogP) is 3.57. The highest BCUT2D eigenvalue weighted by Crippen LogP contribution is 2.31. The number of hydrazone groups is 1. The van der Waals surface area contributed by atoms with Crippen molar-refractivity contribution < 1.29 is 4.74 Å². The zero-order valence-electron chi connectivity index (χ0n) is 18.9. The average Bonchev–Trinajstić information content (AvgIpc) is 3.52. The highest BCUT2D eigenvalue weighted by Gasteiger charge is 2.25. The number of hydrogen-bond donors (Lipinski definition) is 1. The van der Waals surface area contributed by atoms with E-state index >= 15 is 0 Å². The molecule has 0 aliphatic carbocycles. The zero-order valence-corrected chi connectivity index (χ0v) is 19.7. The second-order valence-corrected chi connectivity index (χ2v) is 9.10. The summed E-state index contributed by atoms with van der Waals surface area (Å²) in [4.78, 5) is 16.3. The fourth-order valence-electron chi connectivity index (χ4n) is 3.95. The van der Waals surface area contributed by atoms with Crippen LogP contribution in [0.15, 0.2) is 47.1 Å². The number of rotatable bonds is 7. The summed E-state index contributed by atoms with van der Waals surface area (Å²) >= 11 is 1.72. The van der Waals surface area contributed by atoms with Crippen molar-refractivity contribution in [3.05, 3.63) is 58.3 Å². The average molecular weight is 465 g/mol. The molecule has 1 atom stereocenters. The molecule has 0 radical (unpaired) electrons. The standard InChI is InChI=1S/C23H28N8OS/c1-3-17-11-24-23(25-12-17)30-10-4-5-18(13-30)22-27-19(15-33-22)14-32-21-8-6-20(7-9-21)31-16-26-29(2)28-31/h6-9,11-12,15-16,18,28H,3-5,10,13-14H2,1-2H3. The number of benzene rings is 1. The van der Waals surface area contributed by atoms with E-state index in [1.807, 2.05) is 48.7 Å². The number of hydrogen-bond acceptors (Lipinski definition) is 10. The Labute approximate surface area is 197 Å². The first-order valence-electron chi connectivity index (χ1n) is 11.2. The maximum atomic E-state index is 5.97. The summed E-state index contributed by atoms with van der Waals surface area (Å²) in [7, 11) is 1.85. The maximum Gasteiger partial charge on any atom is 0.225 e. The first-order valence-corrected chi connectivity index (χ1v) is 12.1. The fourth-order valence-corrected chi connectivity index (χ4v) is 4.88. The summed E-state index contributed by atoms with van der Waals surface area (Å²) in [6.07, 6.45) is 8.82. The predicted molar refractivity (Wildman–Crippen MR) is 130 cm³/mol. The van der Waals surface area contributed by atoms with Crippen LogP contribution in [-0.2, 0) is 13.0 Å². The van der Waals surface area contributed by atoms with Crippen LogP contribution in [0, 0.1) is 0 Å². The van der Waals surface area contributed by atoms with E-state index in [0.717, 1.165) is 55.4 Å². The van der Waals surface area contributed by atoms with Gasteiger partial charge in [0.05, 0.1) is 16.4 Å². The number of nitrogens with zero attached hydrogens (tertiary/aromatic N) is 7. The van der Waals surface area contributed by atoms with Gasteiger partial charge in [-0.3, -0.25) is 0 Å². The molecule has 1 fully saturated rings. The van der Waals surface area contributed by atoms with Crippen molar-refractivity contribution in [2.24, 2.45) is 5.10 Å². The third kappa shape index (κ3) is 5.07. The SMILES string of the molecule is CCc1cnc(N2CCCC(c3nc(COc4ccc(N5C=NN(C)N5)cc4)cs3)C2)nc1. The van der Waals surface area contributed by atoms with Crippen LogP contribution in [0.2, 0.25) is 0 Å². The van der Waals surface area contributed by atoms with Crippen LogP contribution in [-0.4, -0.2) is 46.5 Å². The Hall–Kier alpha value is -3.24. The lowest BCUT2D eigenvalue weighted by atomic mass is 9.99. The van der Waals surface area contributed by atoms with Crippen LogP contribution in [0.3, 0.4) is 0 Å². The minimum Gasteiger partial charge on any atom is -0.487 e. The molecule has 2 aromatic heterocycles. The van der Waals surface area contributed by atoms with Gasteiger partial charge in [0, 0.05) is 43.8 Å². The summed E-state index contributed by atoms with van der Waals surface area (Å²) in [5.41, 5.74) is 6.21. The molecule has 2 aliphatic rings. The van der Waals surface area contributed by atoms with Crippen LogP contribution in [0.1, 0.15) is 41.9 Å². The summed E-state index contributed by atoms with van der Waals surface area (Å²) in [5, 5.41) is 10.9. The molecule has 0 spiro atoms. The highest BCUT2D eigenvalue weighted by atomic mass is 32.1. The minimum atomic E-state index is 0.402. The third-order valence-electron chi connectivity index (χ3n) is 5.82. The van der Waals surface area contributed by atoms with Gasteiger partial charge in [-0.05, 0) is 49.1 Å². The molecule has 1 aromatic carbocycles. The second kappa shape index (κ2) is 9.72. The van der Waals surface area contributed by atoms with E-state index in [4.69, 9.17) is 9.72 Å². The van der Waals surface area contributed by atoms with E-state index in [9.17, 15) is 0 Å². The van der Waals surface area contributed by atoms with Crippen molar-refractivity contribution in [3.8, 4) is 5.75 Å². The van der Waals surface area contributed by atoms with Gasteiger partial charge in [0.1, 0.15) is 18.7 Å². The molecule has 1 N–H and O–H groups in total. The third-order valence-corrected chi connectivity index (χ3v) is 6.87. The monoisotopic (exact) mass is 464 g/mol. The Kier molecular flexibility index (Phi) is 6.36. The van der Waals surface area contributed by atoms with Gasteiger partial charge in [0.15, 0.2) is 0 Å². The molecule has 0 bridgehead atoms. The molecule has 10 heteroatoms. The number of anilines is 2. The number of aromatic nitrogens is 3. The number of ether oxygens (including phenoxy) is 1. The molecule has 3 aromatic rings. The van der Waals surface area contributed by atoms with E-state index in [2.05, 4.69) is 37.8 Å². The lowest BCUT2D eigenvalue weighted by molar-refractivity contribution is 0.279. The van der Waals surface area contributed by atoms with Crippen molar-refractivity contribution in [1.82, 2.24) is 25.6 Å². The van der Waals surface area contributed by atoms with Crippen molar-refractivity contribution in [2.45, 2.75) is 38.7 Å². The summed E-state index contributed by atoms with van der Waals surface area (Å²) < 4.78 is 5.97. The second-order valence-electron chi connectivity index (χ2n) is 8.21. The van der Waals surface area contributed by atoms with Gasteiger partial charge in [-0.2, -0.15) is 0 Å². The first kappa shape index (κ1) is 21.6. The lowest BCUT2D eigenvalue weighted by Crippen LogP contribution is -2.38. The largest absolute Gasteiger partial charge is 0.487 e. The Morgan fingerprint density at radius 2 is 2.00 bits per heavy atom. The van der Waals surface area contributed by atoms with E-state index in [-0.39, 0.29) is 0 Å². The van der Waals surface area contributed by atoms with Crippen LogP contribution >= 0.6 is 11.3 Å². The Balaban J connectivity index is 1.16. The van der Waals surface area contributed by atoms with Crippen molar-refractivity contribution in [3.63, 3.8) is 0 Å². The molecule has 5 rings (SSSR count). The number of nitrogens with one attached hydrogen (secondary N) is 1. The van der Waals surface area contributed by atoms with Crippen molar-refractivity contribution in [1.29, 1.82) is 0 Å². The maximum absolute atomic E-state index is 5.97. The van der Waals surface area contributed by atoms with E-state index in [0.29, 0.717) is 12.5 Å². The molecule has 33 heavy (non-hydrogen) atoms. The normalized spacial score (nSPS) is 18.2. The number of thiazole rings is 1. The molecular weight excluding hydrogens is 436 g/mol. The molecule has 4 heterocycles. The molecule has 9 nitrogen and oxygen atoms in total. The summed E-state index contributed by atoms with van der Waals surface area (Å²) in [5.74, 6) is 2.04. The van der Waals surface area contributed by atoms with Gasteiger partial charge < -0.3 is 9.64 Å². The molecular formula is C23H28N8OS. The zero-order chi connectivity index (χ0) is 22.6. The fraction of sp³-hybridized carbons (Fsp3) is 0.391. The Morgan fingerprint density at radius 3 is 2.73 bits per heavy atom. The van der Waals surface area contributed by atoms with Crippen molar-refractivity contribution >= 4 is 29.3 Å². The van der Waals surface area contributed by atoms with Gasteiger partial charge in [0.2, 0.25) is 5.95 Å². The molecule has 1 unspecified atom stereocenters. The van der Waals surface area contributed by atoms with Crippen LogP contribution in [0.25, 0.3) is 0 Å². The van der Waals surface area contributed by atoms with E-state index in [1.165, 1.54) is 10.6 Å². The molecule has 0 amide bonds. The van der Waals surface area contributed by atoms with E-state index < -0.39 is 0 Å². The number of hydrazine groups is 2. The molecule has 2 aliphatic heterocycles. The summed E-state index contributed by atoms with van der Waals surface area (Å²) in [6.45, 7) is 4.48. The smallest absolute Gasteiger partial charge is 0.225 e. The van der Waals surface area contributed by atoms with Gasteiger partial charge in [-0.25, -0.2) is 25.1 Å². The van der Waals surface area contributed by atoms with Crippen LogP contribution < -0.4 is 20.2 Å². The Bertz CT molecular complexity index is 1080.